The van der Waals surface area contributed by atoms with Crippen molar-refractivity contribution in [2.45, 2.75) is 45.1 Å². The molecule has 1 saturated heterocycles. The van der Waals surface area contributed by atoms with Gasteiger partial charge in [-0.05, 0) is 34.1 Å². The maximum absolute atomic E-state index is 12.9. The third-order valence-electron chi connectivity index (χ3n) is 6.71. The van der Waals surface area contributed by atoms with Gasteiger partial charge in [0, 0.05) is 32.6 Å². The minimum absolute atomic E-state index is 0.158. The number of hydrogen-bond acceptors (Lipinski definition) is 2. The molecule has 0 aliphatic carbocycles. The predicted octanol–water partition coefficient (Wildman–Crippen LogP) is 5.85. The molecule has 0 unspecified atom stereocenters. The van der Waals surface area contributed by atoms with E-state index in [1.807, 2.05) is 4.90 Å². The Balaban J connectivity index is 1.35. The SMILES string of the molecule is CC(C)(C)c1ccc(CCC(=O)N2CCN(C(c3ccccc3)c3ccccc3)CC2)cc1. The summed E-state index contributed by atoms with van der Waals surface area (Å²) in [6.07, 6.45) is 1.38. The quantitative estimate of drug-likeness (QED) is 0.480. The highest BCUT2D eigenvalue weighted by Crippen LogP contribution is 2.29. The van der Waals surface area contributed by atoms with E-state index < -0.39 is 0 Å². The van der Waals surface area contributed by atoms with Crippen molar-refractivity contribution in [1.82, 2.24) is 9.80 Å². The highest BCUT2D eigenvalue weighted by Gasteiger charge is 2.28. The number of carbonyl (C=O) groups is 1. The van der Waals surface area contributed by atoms with Crippen LogP contribution < -0.4 is 0 Å². The van der Waals surface area contributed by atoms with Gasteiger partial charge < -0.3 is 4.90 Å². The summed E-state index contributed by atoms with van der Waals surface area (Å²) in [5.74, 6) is 0.269. The first-order valence-corrected chi connectivity index (χ1v) is 12.1. The molecule has 1 fully saturated rings. The fraction of sp³-hybridized carbons (Fsp3) is 0.367. The molecule has 1 aliphatic rings. The molecule has 1 amide bonds. The topological polar surface area (TPSA) is 23.6 Å². The van der Waals surface area contributed by atoms with Crippen molar-refractivity contribution in [2.75, 3.05) is 26.2 Å². The fourth-order valence-corrected chi connectivity index (χ4v) is 4.70. The summed E-state index contributed by atoms with van der Waals surface area (Å²) in [6.45, 7) is 10.0. The van der Waals surface area contributed by atoms with Crippen LogP contribution in [0.5, 0.6) is 0 Å². The first kappa shape index (κ1) is 23.3. The third-order valence-corrected chi connectivity index (χ3v) is 6.71. The Bertz CT molecular complexity index is 975. The van der Waals surface area contributed by atoms with Crippen molar-refractivity contribution in [2.24, 2.45) is 0 Å². The molecule has 3 heteroatoms. The molecule has 0 N–H and O–H groups in total. The van der Waals surface area contributed by atoms with Crippen LogP contribution in [0.25, 0.3) is 0 Å². The zero-order chi connectivity index (χ0) is 23.3. The van der Waals surface area contributed by atoms with Crippen molar-refractivity contribution in [3.8, 4) is 0 Å². The van der Waals surface area contributed by atoms with Crippen LogP contribution in [-0.2, 0) is 16.6 Å². The monoisotopic (exact) mass is 440 g/mol. The highest BCUT2D eigenvalue weighted by molar-refractivity contribution is 5.76. The van der Waals surface area contributed by atoms with Gasteiger partial charge in [-0.25, -0.2) is 0 Å². The highest BCUT2D eigenvalue weighted by atomic mass is 16.2. The second-order valence-corrected chi connectivity index (χ2v) is 10.1. The number of benzene rings is 3. The van der Waals surface area contributed by atoms with Gasteiger partial charge in [-0.15, -0.1) is 0 Å². The maximum atomic E-state index is 12.9. The number of aryl methyl sites for hydroxylation is 1. The molecule has 33 heavy (non-hydrogen) atoms. The lowest BCUT2D eigenvalue weighted by molar-refractivity contribution is -0.133. The van der Waals surface area contributed by atoms with E-state index in [4.69, 9.17) is 0 Å². The van der Waals surface area contributed by atoms with E-state index in [1.165, 1.54) is 22.3 Å². The third kappa shape index (κ3) is 5.91. The first-order chi connectivity index (χ1) is 15.9. The van der Waals surface area contributed by atoms with Crippen molar-refractivity contribution >= 4 is 5.91 Å². The van der Waals surface area contributed by atoms with Crippen molar-refractivity contribution in [3.05, 3.63) is 107 Å². The van der Waals surface area contributed by atoms with Crippen molar-refractivity contribution < 1.29 is 4.79 Å². The van der Waals surface area contributed by atoms with Gasteiger partial charge in [0.1, 0.15) is 0 Å². The van der Waals surface area contributed by atoms with Crippen molar-refractivity contribution in [1.29, 1.82) is 0 Å². The summed E-state index contributed by atoms with van der Waals surface area (Å²) in [6, 6.07) is 30.4. The average molecular weight is 441 g/mol. The molecule has 3 aromatic rings. The molecule has 0 spiro atoms. The molecule has 3 aromatic carbocycles. The zero-order valence-corrected chi connectivity index (χ0v) is 20.2. The van der Waals surface area contributed by atoms with Crippen LogP contribution >= 0.6 is 0 Å². The Morgan fingerprint density at radius 1 is 0.758 bits per heavy atom. The Kier molecular flexibility index (Phi) is 7.29. The molecule has 0 atom stereocenters. The Hall–Kier alpha value is -2.91. The molecular weight excluding hydrogens is 404 g/mol. The lowest BCUT2D eigenvalue weighted by Gasteiger charge is -2.40. The minimum Gasteiger partial charge on any atom is -0.340 e. The summed E-state index contributed by atoms with van der Waals surface area (Å²) in [4.78, 5) is 17.5. The van der Waals surface area contributed by atoms with Crippen LogP contribution in [0.2, 0.25) is 0 Å². The molecule has 0 bridgehead atoms. The van der Waals surface area contributed by atoms with Crippen LogP contribution in [-0.4, -0.2) is 41.9 Å². The van der Waals surface area contributed by atoms with E-state index >= 15 is 0 Å². The smallest absolute Gasteiger partial charge is 0.222 e. The van der Waals surface area contributed by atoms with Gasteiger partial charge >= 0.3 is 0 Å². The van der Waals surface area contributed by atoms with Gasteiger partial charge in [0.2, 0.25) is 5.91 Å². The zero-order valence-electron chi connectivity index (χ0n) is 20.2. The standard InChI is InChI=1S/C30H36N2O/c1-30(2,3)27-17-14-24(15-18-27)16-19-28(33)31-20-22-32(23-21-31)29(25-10-6-4-7-11-25)26-12-8-5-9-13-26/h4-15,17-18,29H,16,19-23H2,1-3H3. The molecule has 3 nitrogen and oxygen atoms in total. The van der Waals surface area contributed by atoms with E-state index in [9.17, 15) is 4.79 Å². The maximum Gasteiger partial charge on any atom is 0.222 e. The van der Waals surface area contributed by atoms with E-state index in [2.05, 4.69) is 111 Å². The molecule has 0 aromatic heterocycles. The number of nitrogens with zero attached hydrogens (tertiary/aromatic N) is 2. The summed E-state index contributed by atoms with van der Waals surface area (Å²) in [5.41, 5.74) is 5.35. The summed E-state index contributed by atoms with van der Waals surface area (Å²) in [5, 5.41) is 0. The average Bonchev–Trinajstić information content (AvgIpc) is 2.84. The Labute approximate surface area is 199 Å². The second-order valence-electron chi connectivity index (χ2n) is 10.1. The molecule has 0 saturated carbocycles. The van der Waals surface area contributed by atoms with E-state index in [0.717, 1.165) is 32.6 Å². The minimum atomic E-state index is 0.158. The van der Waals surface area contributed by atoms with Crippen LogP contribution in [0.4, 0.5) is 0 Å². The normalized spacial score (nSPS) is 15.1. The number of amides is 1. The largest absolute Gasteiger partial charge is 0.340 e. The van der Waals surface area contributed by atoms with E-state index in [1.54, 1.807) is 0 Å². The van der Waals surface area contributed by atoms with Gasteiger partial charge in [0.25, 0.3) is 0 Å². The summed E-state index contributed by atoms with van der Waals surface area (Å²) >= 11 is 0. The Morgan fingerprint density at radius 3 is 1.76 bits per heavy atom. The molecule has 0 radical (unpaired) electrons. The van der Waals surface area contributed by atoms with Gasteiger partial charge in [-0.2, -0.15) is 0 Å². The van der Waals surface area contributed by atoms with Gasteiger partial charge in [0.05, 0.1) is 6.04 Å². The van der Waals surface area contributed by atoms with Crippen LogP contribution in [0.1, 0.15) is 55.5 Å². The molecule has 172 valence electrons. The van der Waals surface area contributed by atoms with Gasteiger partial charge in [0.15, 0.2) is 0 Å². The van der Waals surface area contributed by atoms with Gasteiger partial charge in [-0.3, -0.25) is 9.69 Å². The van der Waals surface area contributed by atoms with Crippen molar-refractivity contribution in [3.63, 3.8) is 0 Å². The van der Waals surface area contributed by atoms with Crippen LogP contribution in [0, 0.1) is 0 Å². The van der Waals surface area contributed by atoms with E-state index in [0.29, 0.717) is 6.42 Å². The fourth-order valence-electron chi connectivity index (χ4n) is 4.70. The van der Waals surface area contributed by atoms with Crippen LogP contribution in [0.3, 0.4) is 0 Å². The first-order valence-electron chi connectivity index (χ1n) is 12.1. The predicted molar refractivity (Wildman–Crippen MR) is 136 cm³/mol. The number of piperazine rings is 1. The Morgan fingerprint density at radius 2 is 1.27 bits per heavy atom. The number of rotatable bonds is 6. The van der Waals surface area contributed by atoms with Gasteiger partial charge in [-0.1, -0.05) is 106 Å². The molecule has 1 heterocycles. The van der Waals surface area contributed by atoms with Crippen LogP contribution in [0.15, 0.2) is 84.9 Å². The molecule has 4 rings (SSSR count). The molecule has 1 aliphatic heterocycles. The number of carbonyl (C=O) groups excluding carboxylic acids is 1. The molecular formula is C30H36N2O. The second kappa shape index (κ2) is 10.4. The number of hydrogen-bond donors (Lipinski definition) is 0. The van der Waals surface area contributed by atoms with E-state index in [-0.39, 0.29) is 17.4 Å². The summed E-state index contributed by atoms with van der Waals surface area (Å²) in [7, 11) is 0. The lowest BCUT2D eigenvalue weighted by atomic mass is 9.86. The lowest BCUT2D eigenvalue weighted by Crippen LogP contribution is -2.49. The summed E-state index contributed by atoms with van der Waals surface area (Å²) < 4.78 is 0.